The second-order valence-corrected chi connectivity index (χ2v) is 10.0. The molecule has 1 fully saturated rings. The third-order valence-corrected chi connectivity index (χ3v) is 7.43. The first-order chi connectivity index (χ1) is 15.4. The standard InChI is InChI=1S/C22H24N6O3S/c1-14-7-10-18(11-8-14)32(29,30)26-15(2)22-23-21(25-31-22)16-9-12-20-19(13-16)24-27-28(20)17-5-3-4-6-17/h7-13,15,17,26H,3-6H2,1-2H3. The Morgan fingerprint density at radius 3 is 2.62 bits per heavy atom. The highest BCUT2D eigenvalue weighted by molar-refractivity contribution is 7.89. The normalized spacial score (nSPS) is 16.1. The minimum atomic E-state index is -3.71. The molecular weight excluding hydrogens is 428 g/mol. The van der Waals surface area contributed by atoms with Gasteiger partial charge in [-0.15, -0.1) is 5.10 Å². The van der Waals surface area contributed by atoms with Gasteiger partial charge in [-0.3, -0.25) is 0 Å². The molecule has 2 aromatic heterocycles. The fraction of sp³-hybridized carbons (Fsp3) is 0.364. The van der Waals surface area contributed by atoms with E-state index in [1.807, 2.05) is 29.8 Å². The van der Waals surface area contributed by atoms with Crippen molar-refractivity contribution in [1.29, 1.82) is 0 Å². The molecule has 0 amide bonds. The van der Waals surface area contributed by atoms with Gasteiger partial charge >= 0.3 is 0 Å². The fourth-order valence-corrected chi connectivity index (χ4v) is 5.29. The van der Waals surface area contributed by atoms with Crippen LogP contribution in [0.2, 0.25) is 0 Å². The van der Waals surface area contributed by atoms with Crippen LogP contribution < -0.4 is 4.72 Å². The summed E-state index contributed by atoms with van der Waals surface area (Å²) in [6.07, 6.45) is 4.71. The number of hydrogen-bond acceptors (Lipinski definition) is 7. The van der Waals surface area contributed by atoms with Crippen LogP contribution >= 0.6 is 0 Å². The number of aromatic nitrogens is 5. The maximum Gasteiger partial charge on any atom is 0.244 e. The number of nitrogens with one attached hydrogen (secondary N) is 1. The summed E-state index contributed by atoms with van der Waals surface area (Å²) in [5.41, 5.74) is 3.48. The van der Waals surface area contributed by atoms with E-state index >= 15 is 0 Å². The van der Waals surface area contributed by atoms with E-state index in [1.54, 1.807) is 31.2 Å². The van der Waals surface area contributed by atoms with Gasteiger partial charge in [-0.1, -0.05) is 40.9 Å². The van der Waals surface area contributed by atoms with E-state index in [1.165, 1.54) is 12.8 Å². The molecule has 1 aliphatic rings. The minimum absolute atomic E-state index is 0.186. The maximum absolute atomic E-state index is 12.6. The topological polar surface area (TPSA) is 116 Å². The van der Waals surface area contributed by atoms with Crippen molar-refractivity contribution in [3.63, 3.8) is 0 Å². The van der Waals surface area contributed by atoms with Crippen LogP contribution in [-0.4, -0.2) is 33.6 Å². The van der Waals surface area contributed by atoms with Crippen molar-refractivity contribution in [2.45, 2.75) is 56.5 Å². The number of rotatable bonds is 6. The molecule has 0 radical (unpaired) electrons. The Bertz CT molecular complexity index is 1350. The summed E-state index contributed by atoms with van der Waals surface area (Å²) in [6.45, 7) is 3.57. The predicted molar refractivity (Wildman–Crippen MR) is 118 cm³/mol. The van der Waals surface area contributed by atoms with Crippen molar-refractivity contribution < 1.29 is 12.9 Å². The molecule has 1 N–H and O–H groups in total. The van der Waals surface area contributed by atoms with E-state index in [2.05, 4.69) is 25.2 Å². The van der Waals surface area contributed by atoms with Crippen LogP contribution in [0.4, 0.5) is 0 Å². The van der Waals surface area contributed by atoms with Gasteiger partial charge in [0.15, 0.2) is 0 Å². The minimum Gasteiger partial charge on any atom is -0.337 e. The Kier molecular flexibility index (Phi) is 5.26. The molecule has 2 heterocycles. The summed E-state index contributed by atoms with van der Waals surface area (Å²) >= 11 is 0. The summed E-state index contributed by atoms with van der Waals surface area (Å²) in [5, 5.41) is 12.7. The number of nitrogens with zero attached hydrogens (tertiary/aromatic N) is 5. The van der Waals surface area contributed by atoms with Crippen LogP contribution in [0.15, 0.2) is 51.9 Å². The number of sulfonamides is 1. The molecule has 5 rings (SSSR count). The zero-order valence-corrected chi connectivity index (χ0v) is 18.7. The summed E-state index contributed by atoms with van der Waals surface area (Å²) in [7, 11) is -3.71. The first-order valence-corrected chi connectivity index (χ1v) is 12.2. The van der Waals surface area contributed by atoms with Gasteiger partial charge in [-0.25, -0.2) is 13.1 Å². The highest BCUT2D eigenvalue weighted by atomic mass is 32.2. The molecule has 32 heavy (non-hydrogen) atoms. The van der Waals surface area contributed by atoms with E-state index in [4.69, 9.17) is 4.52 Å². The lowest BCUT2D eigenvalue weighted by atomic mass is 10.1. The molecule has 2 aromatic carbocycles. The summed E-state index contributed by atoms with van der Waals surface area (Å²) < 4.78 is 35.2. The van der Waals surface area contributed by atoms with Crippen molar-refractivity contribution >= 4 is 21.1 Å². The van der Waals surface area contributed by atoms with Gasteiger partial charge in [0.1, 0.15) is 5.52 Å². The van der Waals surface area contributed by atoms with Crippen molar-refractivity contribution in [2.75, 3.05) is 0 Å². The lowest BCUT2D eigenvalue weighted by molar-refractivity contribution is 0.354. The first kappa shape index (κ1) is 20.8. The first-order valence-electron chi connectivity index (χ1n) is 10.7. The average Bonchev–Trinajstić information content (AvgIpc) is 3.53. The molecule has 0 aliphatic heterocycles. The Balaban J connectivity index is 1.36. The second-order valence-electron chi connectivity index (χ2n) is 8.29. The molecule has 0 bridgehead atoms. The number of fused-ring (bicyclic) bond motifs is 1. The molecule has 0 saturated heterocycles. The molecule has 1 unspecified atom stereocenters. The predicted octanol–water partition coefficient (Wildman–Crippen LogP) is 3.94. The number of benzene rings is 2. The number of hydrogen-bond donors (Lipinski definition) is 1. The van der Waals surface area contributed by atoms with Crippen molar-refractivity contribution in [2.24, 2.45) is 0 Å². The summed E-state index contributed by atoms with van der Waals surface area (Å²) in [6, 6.07) is 12.1. The zero-order chi connectivity index (χ0) is 22.3. The van der Waals surface area contributed by atoms with Crippen LogP contribution in [0.25, 0.3) is 22.4 Å². The van der Waals surface area contributed by atoms with E-state index in [-0.39, 0.29) is 10.8 Å². The van der Waals surface area contributed by atoms with Gasteiger partial charge in [-0.05, 0) is 57.0 Å². The monoisotopic (exact) mass is 452 g/mol. The van der Waals surface area contributed by atoms with Crippen LogP contribution in [0.1, 0.15) is 56.1 Å². The van der Waals surface area contributed by atoms with Crippen LogP contribution in [0.3, 0.4) is 0 Å². The highest BCUT2D eigenvalue weighted by Crippen LogP contribution is 2.32. The van der Waals surface area contributed by atoms with Crippen LogP contribution in [0.5, 0.6) is 0 Å². The molecule has 0 spiro atoms. The van der Waals surface area contributed by atoms with Gasteiger partial charge < -0.3 is 4.52 Å². The summed E-state index contributed by atoms with van der Waals surface area (Å²) in [5.74, 6) is 0.559. The van der Waals surface area contributed by atoms with Gasteiger partial charge in [-0.2, -0.15) is 9.71 Å². The van der Waals surface area contributed by atoms with Crippen molar-refractivity contribution in [3.05, 3.63) is 53.9 Å². The van der Waals surface area contributed by atoms with E-state index < -0.39 is 16.1 Å². The molecule has 9 nitrogen and oxygen atoms in total. The zero-order valence-electron chi connectivity index (χ0n) is 17.9. The molecule has 4 aromatic rings. The fourth-order valence-electron chi connectivity index (χ4n) is 4.10. The molecule has 1 atom stereocenters. The van der Waals surface area contributed by atoms with Gasteiger partial charge in [0, 0.05) is 5.56 Å². The van der Waals surface area contributed by atoms with E-state index in [0.29, 0.717) is 11.9 Å². The third kappa shape index (κ3) is 3.91. The number of aryl methyl sites for hydroxylation is 1. The third-order valence-electron chi connectivity index (χ3n) is 5.88. The van der Waals surface area contributed by atoms with Gasteiger partial charge in [0.05, 0.1) is 22.5 Å². The Labute approximate surface area is 185 Å². The quantitative estimate of drug-likeness (QED) is 0.471. The Morgan fingerprint density at radius 1 is 1.12 bits per heavy atom. The molecule has 1 aliphatic carbocycles. The van der Waals surface area contributed by atoms with Crippen LogP contribution in [0, 0.1) is 6.92 Å². The highest BCUT2D eigenvalue weighted by Gasteiger charge is 2.24. The smallest absolute Gasteiger partial charge is 0.244 e. The van der Waals surface area contributed by atoms with Gasteiger partial charge in [0.25, 0.3) is 0 Å². The SMILES string of the molecule is Cc1ccc(S(=O)(=O)NC(C)c2nc(-c3ccc4c(c3)nnn4C3CCCC3)no2)cc1. The van der Waals surface area contributed by atoms with Crippen molar-refractivity contribution in [1.82, 2.24) is 29.9 Å². The lowest BCUT2D eigenvalue weighted by Gasteiger charge is -2.10. The van der Waals surface area contributed by atoms with Crippen LogP contribution in [-0.2, 0) is 10.0 Å². The molecule has 1 saturated carbocycles. The largest absolute Gasteiger partial charge is 0.337 e. The van der Waals surface area contributed by atoms with Crippen molar-refractivity contribution in [3.8, 4) is 11.4 Å². The Morgan fingerprint density at radius 2 is 1.88 bits per heavy atom. The van der Waals surface area contributed by atoms with E-state index in [0.717, 1.165) is 35.0 Å². The van der Waals surface area contributed by atoms with Gasteiger partial charge in [0.2, 0.25) is 21.7 Å². The summed E-state index contributed by atoms with van der Waals surface area (Å²) in [4.78, 5) is 4.59. The second kappa shape index (κ2) is 8.10. The van der Waals surface area contributed by atoms with E-state index in [9.17, 15) is 8.42 Å². The molecule has 10 heteroatoms. The Hall–Kier alpha value is -3.11. The lowest BCUT2D eigenvalue weighted by Crippen LogP contribution is -2.27. The average molecular weight is 453 g/mol. The molecule has 166 valence electrons. The maximum atomic E-state index is 12.6. The molecular formula is C22H24N6O3S.